The van der Waals surface area contributed by atoms with Crippen molar-refractivity contribution in [3.05, 3.63) is 34.9 Å². The highest BCUT2D eigenvalue weighted by molar-refractivity contribution is 8.13. The fourth-order valence-electron chi connectivity index (χ4n) is 1.22. The van der Waals surface area contributed by atoms with Crippen molar-refractivity contribution in [2.45, 2.75) is 6.92 Å². The first-order valence-corrected chi connectivity index (χ1v) is 6.12. The van der Waals surface area contributed by atoms with E-state index >= 15 is 0 Å². The van der Waals surface area contributed by atoms with Crippen molar-refractivity contribution in [1.82, 2.24) is 0 Å². The van der Waals surface area contributed by atoms with Crippen molar-refractivity contribution >= 4 is 28.8 Å². The molecule has 0 fully saturated rings. The van der Waals surface area contributed by atoms with Crippen LogP contribution in [0, 0.1) is 11.8 Å². The molecule has 1 aromatic rings. The summed E-state index contributed by atoms with van der Waals surface area (Å²) >= 11 is 1.03. The first-order chi connectivity index (χ1) is 8.90. The van der Waals surface area contributed by atoms with E-state index in [4.69, 9.17) is 10.2 Å². The van der Waals surface area contributed by atoms with E-state index in [9.17, 15) is 14.4 Å². The Balaban J connectivity index is 3.03. The monoisotopic (exact) mass is 278 g/mol. The SMILES string of the molecule is CC(=O)SCC#Cc1cc(C(=O)O)cc(C(=O)O)c1. The third-order valence-corrected chi connectivity index (χ3v) is 2.70. The number of carbonyl (C=O) groups excluding carboxylic acids is 1. The molecule has 19 heavy (non-hydrogen) atoms. The van der Waals surface area contributed by atoms with E-state index in [0.29, 0.717) is 5.56 Å². The molecule has 0 unspecified atom stereocenters. The number of hydrogen-bond donors (Lipinski definition) is 2. The second-order valence-corrected chi connectivity index (χ2v) is 4.64. The molecule has 0 saturated carbocycles. The Morgan fingerprint density at radius 1 is 1.11 bits per heavy atom. The lowest BCUT2D eigenvalue weighted by Crippen LogP contribution is -2.03. The maximum atomic E-state index is 10.9. The number of thioether (sulfide) groups is 1. The normalized spacial score (nSPS) is 9.32. The maximum Gasteiger partial charge on any atom is 0.335 e. The minimum Gasteiger partial charge on any atom is -0.478 e. The summed E-state index contributed by atoms with van der Waals surface area (Å²) in [5, 5.41) is 17.7. The van der Waals surface area contributed by atoms with Crippen LogP contribution in [-0.2, 0) is 4.79 Å². The van der Waals surface area contributed by atoms with Crippen LogP contribution >= 0.6 is 11.8 Å². The Morgan fingerprint density at radius 2 is 1.63 bits per heavy atom. The average molecular weight is 278 g/mol. The van der Waals surface area contributed by atoms with Gasteiger partial charge in [-0.2, -0.15) is 0 Å². The van der Waals surface area contributed by atoms with Gasteiger partial charge in [0.1, 0.15) is 0 Å². The van der Waals surface area contributed by atoms with Crippen molar-refractivity contribution in [2.75, 3.05) is 5.75 Å². The van der Waals surface area contributed by atoms with Gasteiger partial charge in [0.25, 0.3) is 0 Å². The van der Waals surface area contributed by atoms with Gasteiger partial charge in [-0.15, -0.1) is 0 Å². The Morgan fingerprint density at radius 3 is 2.05 bits per heavy atom. The van der Waals surface area contributed by atoms with Gasteiger partial charge in [0, 0.05) is 12.5 Å². The maximum absolute atomic E-state index is 10.9. The van der Waals surface area contributed by atoms with Gasteiger partial charge in [-0.1, -0.05) is 23.6 Å². The molecule has 0 saturated heterocycles. The quantitative estimate of drug-likeness (QED) is 0.818. The molecule has 0 amide bonds. The summed E-state index contributed by atoms with van der Waals surface area (Å²) in [5.41, 5.74) is 0.0216. The highest BCUT2D eigenvalue weighted by atomic mass is 32.2. The molecule has 0 aliphatic carbocycles. The van der Waals surface area contributed by atoms with Crippen LogP contribution in [0.15, 0.2) is 18.2 Å². The van der Waals surface area contributed by atoms with Gasteiger partial charge < -0.3 is 10.2 Å². The Hall–Kier alpha value is -2.26. The molecule has 1 rings (SSSR count). The number of carboxylic acid groups (broad SMARTS) is 2. The van der Waals surface area contributed by atoms with Gasteiger partial charge in [0.05, 0.1) is 16.9 Å². The zero-order valence-corrected chi connectivity index (χ0v) is 10.8. The van der Waals surface area contributed by atoms with Crippen LogP contribution in [0.5, 0.6) is 0 Å². The molecule has 0 bridgehead atoms. The molecule has 1 aromatic carbocycles. The van der Waals surface area contributed by atoms with Crippen LogP contribution in [0.3, 0.4) is 0 Å². The Labute approximate surface area is 113 Å². The standard InChI is InChI=1S/C13H10O5S/c1-8(14)19-4-2-3-9-5-10(12(15)16)7-11(6-9)13(17)18/h5-7H,4H2,1H3,(H,15,16)(H,17,18). The van der Waals surface area contributed by atoms with Crippen LogP contribution in [0.2, 0.25) is 0 Å². The summed E-state index contributed by atoms with van der Waals surface area (Å²) in [7, 11) is 0. The largest absolute Gasteiger partial charge is 0.478 e. The first-order valence-electron chi connectivity index (χ1n) is 5.14. The molecular formula is C13H10O5S. The first kappa shape index (κ1) is 14.8. The Kier molecular flexibility index (Phi) is 5.15. The number of rotatable bonds is 3. The molecule has 0 radical (unpaired) electrons. The van der Waals surface area contributed by atoms with Crippen molar-refractivity contribution in [2.24, 2.45) is 0 Å². The Bertz CT molecular complexity index is 563. The van der Waals surface area contributed by atoms with Crippen molar-refractivity contribution in [3.8, 4) is 11.8 Å². The van der Waals surface area contributed by atoms with E-state index in [2.05, 4.69) is 11.8 Å². The van der Waals surface area contributed by atoms with Crippen LogP contribution < -0.4 is 0 Å². The van der Waals surface area contributed by atoms with Gasteiger partial charge in [0.2, 0.25) is 0 Å². The molecule has 0 aliphatic rings. The number of hydrogen-bond acceptors (Lipinski definition) is 4. The molecule has 2 N–H and O–H groups in total. The fraction of sp³-hybridized carbons (Fsp3) is 0.154. The van der Waals surface area contributed by atoms with E-state index in [1.165, 1.54) is 19.1 Å². The zero-order valence-electron chi connectivity index (χ0n) is 9.97. The molecule has 5 nitrogen and oxygen atoms in total. The highest BCUT2D eigenvalue weighted by Crippen LogP contribution is 2.10. The van der Waals surface area contributed by atoms with Gasteiger partial charge in [-0.3, -0.25) is 4.79 Å². The summed E-state index contributed by atoms with van der Waals surface area (Å²) < 4.78 is 0. The number of carboxylic acids is 2. The van der Waals surface area contributed by atoms with Crippen molar-refractivity contribution in [3.63, 3.8) is 0 Å². The van der Waals surface area contributed by atoms with E-state index in [-0.39, 0.29) is 22.0 Å². The molecule has 0 aliphatic heterocycles. The van der Waals surface area contributed by atoms with Crippen LogP contribution in [0.4, 0.5) is 0 Å². The lowest BCUT2D eigenvalue weighted by atomic mass is 10.1. The number of aromatic carboxylic acids is 2. The van der Waals surface area contributed by atoms with Gasteiger partial charge in [0.15, 0.2) is 5.12 Å². The number of benzene rings is 1. The van der Waals surface area contributed by atoms with Gasteiger partial charge in [-0.05, 0) is 18.2 Å². The summed E-state index contributed by atoms with van der Waals surface area (Å²) in [5.74, 6) is 3.15. The lowest BCUT2D eigenvalue weighted by Gasteiger charge is -1.99. The summed E-state index contributed by atoms with van der Waals surface area (Å²) in [6, 6.07) is 3.65. The highest BCUT2D eigenvalue weighted by Gasteiger charge is 2.10. The molecule has 0 spiro atoms. The summed E-state index contributed by atoms with van der Waals surface area (Å²) in [4.78, 5) is 32.4. The van der Waals surface area contributed by atoms with Crippen LogP contribution in [0.25, 0.3) is 0 Å². The van der Waals surface area contributed by atoms with Gasteiger partial charge >= 0.3 is 11.9 Å². The molecule has 6 heteroatoms. The topological polar surface area (TPSA) is 91.7 Å². The van der Waals surface area contributed by atoms with Crippen LogP contribution in [-0.4, -0.2) is 33.0 Å². The summed E-state index contributed by atoms with van der Waals surface area (Å²) in [6.45, 7) is 1.42. The molecular weight excluding hydrogens is 268 g/mol. The van der Waals surface area contributed by atoms with Crippen molar-refractivity contribution < 1.29 is 24.6 Å². The molecule has 0 atom stereocenters. The van der Waals surface area contributed by atoms with E-state index in [0.717, 1.165) is 17.8 Å². The number of carbonyl (C=O) groups is 3. The predicted molar refractivity (Wildman–Crippen MR) is 70.4 cm³/mol. The van der Waals surface area contributed by atoms with E-state index in [1.54, 1.807) is 0 Å². The zero-order chi connectivity index (χ0) is 14.4. The minimum absolute atomic E-state index is 0.0696. The third kappa shape index (κ3) is 4.85. The third-order valence-electron chi connectivity index (χ3n) is 2.01. The van der Waals surface area contributed by atoms with E-state index in [1.807, 2.05) is 0 Å². The lowest BCUT2D eigenvalue weighted by molar-refractivity contribution is -0.109. The molecule has 0 aromatic heterocycles. The minimum atomic E-state index is -1.22. The van der Waals surface area contributed by atoms with Crippen molar-refractivity contribution in [1.29, 1.82) is 0 Å². The predicted octanol–water partition coefficient (Wildman–Crippen LogP) is 1.71. The second-order valence-electron chi connectivity index (χ2n) is 3.49. The second kappa shape index (κ2) is 6.61. The average Bonchev–Trinajstić information content (AvgIpc) is 2.34. The van der Waals surface area contributed by atoms with E-state index < -0.39 is 11.9 Å². The van der Waals surface area contributed by atoms with Gasteiger partial charge in [-0.25, -0.2) is 9.59 Å². The summed E-state index contributed by atoms with van der Waals surface area (Å²) in [6.07, 6.45) is 0. The molecule has 98 valence electrons. The smallest absolute Gasteiger partial charge is 0.335 e. The van der Waals surface area contributed by atoms with Crippen LogP contribution in [0.1, 0.15) is 33.2 Å². The fourth-order valence-corrected chi connectivity index (χ4v) is 1.57. The molecule has 0 heterocycles.